The fourth-order valence-electron chi connectivity index (χ4n) is 2.57. The number of amides is 2. The van der Waals surface area contributed by atoms with E-state index in [9.17, 15) is 9.59 Å². The van der Waals surface area contributed by atoms with Crippen molar-refractivity contribution in [3.63, 3.8) is 0 Å². The van der Waals surface area contributed by atoms with Crippen LogP contribution < -0.4 is 10.6 Å². The summed E-state index contributed by atoms with van der Waals surface area (Å²) < 4.78 is 5.07. The van der Waals surface area contributed by atoms with Gasteiger partial charge in [0.25, 0.3) is 0 Å². The third-order valence-corrected chi connectivity index (χ3v) is 4.70. The van der Waals surface area contributed by atoms with Crippen LogP contribution in [0, 0.1) is 6.92 Å². The van der Waals surface area contributed by atoms with Gasteiger partial charge in [-0.1, -0.05) is 42.1 Å². The van der Waals surface area contributed by atoms with Crippen molar-refractivity contribution in [2.75, 3.05) is 18.9 Å². The molecule has 1 aliphatic rings. The molecule has 0 atom stereocenters. The molecule has 0 unspecified atom stereocenters. The summed E-state index contributed by atoms with van der Waals surface area (Å²) in [6, 6.07) is 11.4. The minimum Gasteiger partial charge on any atom is -0.463 e. The Bertz CT molecular complexity index is 884. The summed E-state index contributed by atoms with van der Waals surface area (Å²) in [7, 11) is 0. The molecule has 2 amide bonds. The SMILES string of the molecule is CCOC(=O)C1=C(CSc2nc(C)cc(-c3ccccc3)n2)NC(=O)NC1. The average molecular weight is 384 g/mol. The van der Waals surface area contributed by atoms with E-state index in [0.29, 0.717) is 22.2 Å². The Balaban J connectivity index is 1.81. The summed E-state index contributed by atoms with van der Waals surface area (Å²) in [5, 5.41) is 5.86. The molecule has 1 aromatic carbocycles. The Morgan fingerprint density at radius 1 is 1.26 bits per heavy atom. The number of rotatable bonds is 6. The van der Waals surface area contributed by atoms with Gasteiger partial charge in [0.2, 0.25) is 0 Å². The van der Waals surface area contributed by atoms with E-state index in [4.69, 9.17) is 4.74 Å². The molecular formula is C19H20N4O3S. The Kier molecular flexibility index (Phi) is 6.08. The first-order valence-corrected chi connectivity index (χ1v) is 9.53. The highest BCUT2D eigenvalue weighted by molar-refractivity contribution is 7.99. The number of thioether (sulfide) groups is 1. The number of hydrogen-bond donors (Lipinski definition) is 2. The highest BCUT2D eigenvalue weighted by Gasteiger charge is 2.23. The van der Waals surface area contributed by atoms with Gasteiger partial charge >= 0.3 is 12.0 Å². The summed E-state index contributed by atoms with van der Waals surface area (Å²) in [6.45, 7) is 4.07. The molecular weight excluding hydrogens is 364 g/mol. The number of aromatic nitrogens is 2. The molecule has 0 fully saturated rings. The fourth-order valence-corrected chi connectivity index (χ4v) is 3.46. The second-order valence-electron chi connectivity index (χ2n) is 5.82. The molecule has 0 saturated heterocycles. The predicted molar refractivity (Wildman–Crippen MR) is 103 cm³/mol. The van der Waals surface area contributed by atoms with Crippen molar-refractivity contribution in [2.45, 2.75) is 19.0 Å². The Morgan fingerprint density at radius 2 is 2.04 bits per heavy atom. The van der Waals surface area contributed by atoms with Crippen LogP contribution in [0.1, 0.15) is 12.6 Å². The van der Waals surface area contributed by atoms with Gasteiger partial charge in [0.1, 0.15) is 0 Å². The van der Waals surface area contributed by atoms with Crippen molar-refractivity contribution < 1.29 is 14.3 Å². The summed E-state index contributed by atoms with van der Waals surface area (Å²) >= 11 is 1.36. The smallest absolute Gasteiger partial charge is 0.337 e. The first-order chi connectivity index (χ1) is 13.1. The number of urea groups is 1. The van der Waals surface area contributed by atoms with Gasteiger partial charge in [0.15, 0.2) is 5.16 Å². The van der Waals surface area contributed by atoms with Gasteiger partial charge in [-0.15, -0.1) is 0 Å². The second-order valence-corrected chi connectivity index (χ2v) is 6.76. The molecule has 2 aromatic rings. The fraction of sp³-hybridized carbons (Fsp3) is 0.263. The molecule has 1 aromatic heterocycles. The van der Waals surface area contributed by atoms with Gasteiger partial charge in [-0.2, -0.15) is 0 Å². The van der Waals surface area contributed by atoms with Crippen LogP contribution in [0.5, 0.6) is 0 Å². The van der Waals surface area contributed by atoms with Crippen LogP contribution in [0.25, 0.3) is 11.3 Å². The van der Waals surface area contributed by atoms with E-state index < -0.39 is 5.97 Å². The second kappa shape index (κ2) is 8.68. The van der Waals surface area contributed by atoms with Crippen molar-refractivity contribution in [3.8, 4) is 11.3 Å². The van der Waals surface area contributed by atoms with E-state index in [0.717, 1.165) is 17.0 Å². The molecule has 27 heavy (non-hydrogen) atoms. The normalized spacial score (nSPS) is 13.8. The highest BCUT2D eigenvalue weighted by atomic mass is 32.2. The minimum absolute atomic E-state index is 0.143. The number of aryl methyl sites for hydroxylation is 1. The maximum atomic E-state index is 12.1. The third kappa shape index (κ3) is 4.85. The lowest BCUT2D eigenvalue weighted by Crippen LogP contribution is -2.44. The number of benzene rings is 1. The van der Waals surface area contributed by atoms with Gasteiger partial charge in [-0.3, -0.25) is 0 Å². The molecule has 7 nitrogen and oxygen atoms in total. The highest BCUT2D eigenvalue weighted by Crippen LogP contribution is 2.23. The molecule has 2 N–H and O–H groups in total. The minimum atomic E-state index is -0.435. The third-order valence-electron chi connectivity index (χ3n) is 3.83. The number of carbonyl (C=O) groups excluding carboxylic acids is 2. The average Bonchev–Trinajstić information content (AvgIpc) is 2.67. The Morgan fingerprint density at radius 3 is 2.78 bits per heavy atom. The quantitative estimate of drug-likeness (QED) is 0.452. The van der Waals surface area contributed by atoms with Crippen molar-refractivity contribution >= 4 is 23.8 Å². The topological polar surface area (TPSA) is 93.2 Å². The molecule has 3 rings (SSSR count). The van der Waals surface area contributed by atoms with Gasteiger partial charge in [0.05, 0.1) is 24.4 Å². The summed E-state index contributed by atoms with van der Waals surface area (Å²) in [5.41, 5.74) is 3.62. The van der Waals surface area contributed by atoms with Crippen LogP contribution in [0.15, 0.2) is 52.8 Å². The number of nitrogens with zero attached hydrogens (tertiary/aromatic N) is 2. The van der Waals surface area contributed by atoms with Crippen LogP contribution in [-0.2, 0) is 9.53 Å². The lowest BCUT2D eigenvalue weighted by Gasteiger charge is -2.21. The molecule has 0 saturated carbocycles. The maximum Gasteiger partial charge on any atom is 0.337 e. The van der Waals surface area contributed by atoms with Crippen LogP contribution in [0.3, 0.4) is 0 Å². The zero-order valence-corrected chi connectivity index (χ0v) is 15.9. The summed E-state index contributed by atoms with van der Waals surface area (Å²) in [6.07, 6.45) is 0. The van der Waals surface area contributed by atoms with Gasteiger partial charge in [-0.25, -0.2) is 19.6 Å². The standard InChI is InChI=1S/C19H20N4O3S/c1-3-26-17(24)14-10-20-18(25)22-16(14)11-27-19-21-12(2)9-15(23-19)13-7-5-4-6-8-13/h4-9H,3,10-11H2,1-2H3,(H2,20,22,25). The molecule has 0 spiro atoms. The molecule has 8 heteroatoms. The van der Waals surface area contributed by atoms with Crippen molar-refractivity contribution in [1.29, 1.82) is 0 Å². The first-order valence-electron chi connectivity index (χ1n) is 8.54. The van der Waals surface area contributed by atoms with E-state index in [1.165, 1.54) is 11.8 Å². The summed E-state index contributed by atoms with van der Waals surface area (Å²) in [5.74, 6) is -0.0741. The molecule has 0 radical (unpaired) electrons. The van der Waals surface area contributed by atoms with Gasteiger partial charge < -0.3 is 15.4 Å². The molecule has 140 valence electrons. The number of hydrogen-bond acceptors (Lipinski definition) is 6. The van der Waals surface area contributed by atoms with Crippen molar-refractivity contribution in [1.82, 2.24) is 20.6 Å². The van der Waals surface area contributed by atoms with Gasteiger partial charge in [-0.05, 0) is 19.9 Å². The molecule has 0 bridgehead atoms. The van der Waals surface area contributed by atoms with Crippen molar-refractivity contribution in [2.24, 2.45) is 0 Å². The van der Waals surface area contributed by atoms with E-state index >= 15 is 0 Å². The van der Waals surface area contributed by atoms with E-state index in [1.54, 1.807) is 6.92 Å². The number of ether oxygens (including phenoxy) is 1. The van der Waals surface area contributed by atoms with Crippen LogP contribution in [0.4, 0.5) is 4.79 Å². The number of carbonyl (C=O) groups is 2. The maximum absolute atomic E-state index is 12.1. The molecule has 0 aliphatic carbocycles. The first kappa shape index (κ1) is 18.9. The van der Waals surface area contributed by atoms with E-state index in [1.807, 2.05) is 43.3 Å². The van der Waals surface area contributed by atoms with Crippen LogP contribution in [-0.4, -0.2) is 40.9 Å². The summed E-state index contributed by atoms with van der Waals surface area (Å²) in [4.78, 5) is 32.8. The van der Waals surface area contributed by atoms with Crippen LogP contribution in [0.2, 0.25) is 0 Å². The largest absolute Gasteiger partial charge is 0.463 e. The Labute approximate surface area is 161 Å². The number of esters is 1. The lowest BCUT2D eigenvalue weighted by molar-refractivity contribution is -0.138. The van der Waals surface area contributed by atoms with E-state index in [-0.39, 0.29) is 19.2 Å². The van der Waals surface area contributed by atoms with Crippen LogP contribution >= 0.6 is 11.8 Å². The number of nitrogens with one attached hydrogen (secondary N) is 2. The van der Waals surface area contributed by atoms with Gasteiger partial charge in [0, 0.05) is 22.7 Å². The van der Waals surface area contributed by atoms with Crippen molar-refractivity contribution in [3.05, 3.63) is 53.4 Å². The predicted octanol–water partition coefficient (Wildman–Crippen LogP) is 2.67. The molecule has 2 heterocycles. The van der Waals surface area contributed by atoms with E-state index in [2.05, 4.69) is 20.6 Å². The Hall–Kier alpha value is -2.87. The zero-order chi connectivity index (χ0) is 19.2. The molecule has 1 aliphatic heterocycles. The monoisotopic (exact) mass is 384 g/mol. The lowest BCUT2D eigenvalue weighted by atomic mass is 10.1. The zero-order valence-electron chi connectivity index (χ0n) is 15.1.